The van der Waals surface area contributed by atoms with Crippen molar-refractivity contribution < 1.29 is 14.6 Å². The number of hydrogen-bond donors (Lipinski definition) is 1. The van der Waals surface area contributed by atoms with Crippen LogP contribution in [0.5, 0.6) is 0 Å². The molecule has 0 bridgehead atoms. The number of aryl methyl sites for hydroxylation is 1. The summed E-state index contributed by atoms with van der Waals surface area (Å²) in [4.78, 5) is 10.7. The Hall–Kier alpha value is -1.77. The van der Waals surface area contributed by atoms with Gasteiger partial charge >= 0.3 is 5.97 Å². The Morgan fingerprint density at radius 3 is 2.59 bits per heavy atom. The Bertz CT molecular complexity index is 366. The van der Waals surface area contributed by atoms with Gasteiger partial charge in [0, 0.05) is 0 Å². The van der Waals surface area contributed by atoms with Crippen LogP contribution >= 0.6 is 0 Å². The number of benzene rings is 1. The largest absolute Gasteiger partial charge is 0.505 e. The zero-order valence-electron chi connectivity index (χ0n) is 10.1. The molecule has 0 fully saturated rings. The highest BCUT2D eigenvalue weighted by molar-refractivity contribution is 5.87. The van der Waals surface area contributed by atoms with E-state index in [0.29, 0.717) is 5.56 Å². The Balaban J connectivity index is 2.27. The summed E-state index contributed by atoms with van der Waals surface area (Å²) < 4.78 is 4.81. The number of aromatic carboxylic acids is 1. The van der Waals surface area contributed by atoms with Crippen molar-refractivity contribution in [3.05, 3.63) is 47.7 Å². The molecule has 92 valence electrons. The van der Waals surface area contributed by atoms with Gasteiger partial charge in [-0.1, -0.05) is 12.1 Å². The lowest BCUT2D eigenvalue weighted by Crippen LogP contribution is -1.96. The van der Waals surface area contributed by atoms with Crippen LogP contribution in [0.2, 0.25) is 0 Å². The molecule has 0 heterocycles. The Labute approximate surface area is 102 Å². The SMILES string of the molecule is COC=CCCCCc1ccc(C(=O)O)cc1. The van der Waals surface area contributed by atoms with Gasteiger partial charge in [-0.15, -0.1) is 0 Å². The molecule has 3 heteroatoms. The minimum Gasteiger partial charge on any atom is -0.505 e. The third-order valence-electron chi connectivity index (χ3n) is 2.52. The molecule has 0 spiro atoms. The van der Waals surface area contributed by atoms with Crippen LogP contribution in [-0.4, -0.2) is 18.2 Å². The lowest BCUT2D eigenvalue weighted by Gasteiger charge is -2.01. The zero-order chi connectivity index (χ0) is 12.5. The quantitative estimate of drug-likeness (QED) is 0.582. The second kappa shape index (κ2) is 7.49. The summed E-state index contributed by atoms with van der Waals surface area (Å²) in [6.45, 7) is 0. The lowest BCUT2D eigenvalue weighted by molar-refractivity contribution is 0.0697. The van der Waals surface area contributed by atoms with E-state index in [4.69, 9.17) is 9.84 Å². The minimum atomic E-state index is -0.874. The highest BCUT2D eigenvalue weighted by Gasteiger charge is 2.01. The van der Waals surface area contributed by atoms with Crippen LogP contribution in [0, 0.1) is 0 Å². The molecule has 1 aromatic rings. The monoisotopic (exact) mass is 234 g/mol. The Kier molecular flexibility index (Phi) is 5.86. The Morgan fingerprint density at radius 1 is 1.29 bits per heavy atom. The average Bonchev–Trinajstić information content (AvgIpc) is 2.34. The van der Waals surface area contributed by atoms with E-state index in [1.165, 1.54) is 5.56 Å². The first-order valence-electron chi connectivity index (χ1n) is 5.74. The van der Waals surface area contributed by atoms with Crippen LogP contribution in [0.4, 0.5) is 0 Å². The number of allylic oxidation sites excluding steroid dienone is 1. The van der Waals surface area contributed by atoms with Crippen LogP contribution < -0.4 is 0 Å². The van der Waals surface area contributed by atoms with Gasteiger partial charge in [0.25, 0.3) is 0 Å². The third-order valence-corrected chi connectivity index (χ3v) is 2.52. The fourth-order valence-corrected chi connectivity index (χ4v) is 1.57. The van der Waals surface area contributed by atoms with Gasteiger partial charge in [0.05, 0.1) is 18.9 Å². The summed E-state index contributed by atoms with van der Waals surface area (Å²) in [6, 6.07) is 7.08. The van der Waals surface area contributed by atoms with Crippen LogP contribution in [0.25, 0.3) is 0 Å². The van der Waals surface area contributed by atoms with Crippen molar-refractivity contribution in [3.63, 3.8) is 0 Å². The van der Waals surface area contributed by atoms with Crippen molar-refractivity contribution in [3.8, 4) is 0 Å². The normalized spacial score (nSPS) is 10.6. The number of unbranched alkanes of at least 4 members (excludes halogenated alkanes) is 2. The van der Waals surface area contributed by atoms with Crippen LogP contribution in [0.1, 0.15) is 35.2 Å². The first kappa shape index (κ1) is 13.3. The van der Waals surface area contributed by atoms with Gasteiger partial charge in [-0.2, -0.15) is 0 Å². The van der Waals surface area contributed by atoms with Crippen LogP contribution in [0.3, 0.4) is 0 Å². The molecule has 0 saturated carbocycles. The van der Waals surface area contributed by atoms with Gasteiger partial charge in [-0.05, 0) is 49.5 Å². The molecular weight excluding hydrogens is 216 g/mol. The Morgan fingerprint density at radius 2 is 2.00 bits per heavy atom. The molecular formula is C14H18O3. The highest BCUT2D eigenvalue weighted by Crippen LogP contribution is 2.09. The maximum Gasteiger partial charge on any atom is 0.335 e. The number of carbonyl (C=O) groups is 1. The summed E-state index contributed by atoms with van der Waals surface area (Å²) in [5.41, 5.74) is 1.53. The van der Waals surface area contributed by atoms with E-state index in [0.717, 1.165) is 25.7 Å². The fourth-order valence-electron chi connectivity index (χ4n) is 1.57. The predicted molar refractivity (Wildman–Crippen MR) is 67.1 cm³/mol. The van der Waals surface area contributed by atoms with E-state index in [1.807, 2.05) is 18.2 Å². The van der Waals surface area contributed by atoms with Crippen LogP contribution in [0.15, 0.2) is 36.6 Å². The first-order valence-corrected chi connectivity index (χ1v) is 5.74. The third kappa shape index (κ3) is 5.20. The standard InChI is InChI=1S/C14H18O3/c1-17-11-5-3-2-4-6-12-7-9-13(10-8-12)14(15)16/h5,7-11H,2-4,6H2,1H3,(H,15,16). The van der Waals surface area contributed by atoms with E-state index in [9.17, 15) is 4.79 Å². The number of methoxy groups -OCH3 is 1. The van der Waals surface area contributed by atoms with Gasteiger partial charge in [0.15, 0.2) is 0 Å². The molecule has 0 unspecified atom stereocenters. The number of rotatable bonds is 7. The minimum absolute atomic E-state index is 0.344. The molecule has 1 N–H and O–H groups in total. The zero-order valence-corrected chi connectivity index (χ0v) is 10.1. The smallest absolute Gasteiger partial charge is 0.335 e. The second-order valence-electron chi connectivity index (χ2n) is 3.86. The van der Waals surface area contributed by atoms with Crippen molar-refractivity contribution >= 4 is 5.97 Å². The van der Waals surface area contributed by atoms with E-state index >= 15 is 0 Å². The number of hydrogen-bond acceptors (Lipinski definition) is 2. The molecule has 0 saturated heterocycles. The number of ether oxygens (including phenoxy) is 1. The topological polar surface area (TPSA) is 46.5 Å². The maximum atomic E-state index is 10.7. The highest BCUT2D eigenvalue weighted by atomic mass is 16.5. The van der Waals surface area contributed by atoms with Gasteiger partial charge in [-0.3, -0.25) is 0 Å². The van der Waals surface area contributed by atoms with Gasteiger partial charge in [-0.25, -0.2) is 4.79 Å². The van der Waals surface area contributed by atoms with Crippen molar-refractivity contribution in [2.24, 2.45) is 0 Å². The second-order valence-corrected chi connectivity index (χ2v) is 3.86. The molecule has 0 amide bonds. The predicted octanol–water partition coefficient (Wildman–Crippen LogP) is 3.26. The lowest BCUT2D eigenvalue weighted by atomic mass is 10.1. The van der Waals surface area contributed by atoms with Crippen LogP contribution in [-0.2, 0) is 11.2 Å². The van der Waals surface area contributed by atoms with Crippen molar-refractivity contribution in [2.75, 3.05) is 7.11 Å². The van der Waals surface area contributed by atoms with E-state index in [2.05, 4.69) is 0 Å². The maximum absolute atomic E-state index is 10.7. The molecule has 0 atom stereocenters. The first-order chi connectivity index (χ1) is 8.24. The summed E-state index contributed by atoms with van der Waals surface area (Å²) in [6.07, 6.45) is 7.91. The number of carboxylic acid groups (broad SMARTS) is 1. The fraction of sp³-hybridized carbons (Fsp3) is 0.357. The van der Waals surface area contributed by atoms with Gasteiger partial charge < -0.3 is 9.84 Å². The molecule has 3 nitrogen and oxygen atoms in total. The summed E-state index contributed by atoms with van der Waals surface area (Å²) in [5.74, 6) is -0.874. The molecule has 0 aromatic heterocycles. The van der Waals surface area contributed by atoms with Crippen molar-refractivity contribution in [1.29, 1.82) is 0 Å². The summed E-state index contributed by atoms with van der Waals surface area (Å²) in [7, 11) is 1.64. The molecule has 0 aliphatic carbocycles. The van der Waals surface area contributed by atoms with Crippen molar-refractivity contribution in [1.82, 2.24) is 0 Å². The van der Waals surface area contributed by atoms with E-state index in [1.54, 1.807) is 25.5 Å². The molecule has 17 heavy (non-hydrogen) atoms. The average molecular weight is 234 g/mol. The molecule has 0 aliphatic rings. The summed E-state index contributed by atoms with van der Waals surface area (Å²) in [5, 5.41) is 8.75. The number of carboxylic acids is 1. The van der Waals surface area contributed by atoms with Gasteiger partial charge in [0.2, 0.25) is 0 Å². The molecule has 0 aliphatic heterocycles. The molecule has 1 aromatic carbocycles. The molecule has 0 radical (unpaired) electrons. The summed E-state index contributed by atoms with van der Waals surface area (Å²) >= 11 is 0. The van der Waals surface area contributed by atoms with Gasteiger partial charge in [0.1, 0.15) is 0 Å². The van der Waals surface area contributed by atoms with Crippen molar-refractivity contribution in [2.45, 2.75) is 25.7 Å². The molecule has 1 rings (SSSR count). The van der Waals surface area contributed by atoms with E-state index in [-0.39, 0.29) is 0 Å². The van der Waals surface area contributed by atoms with E-state index < -0.39 is 5.97 Å².